The van der Waals surface area contributed by atoms with Crippen molar-refractivity contribution in [3.63, 3.8) is 0 Å². The molecule has 0 unspecified atom stereocenters. The normalized spacial score (nSPS) is 9.44. The number of hydrogen-bond donors (Lipinski definition) is 3. The van der Waals surface area contributed by atoms with Crippen molar-refractivity contribution >= 4 is 6.29 Å². The molecular formula is C5H12N2O2. The Labute approximate surface area is 54.2 Å². The van der Waals surface area contributed by atoms with Crippen LogP contribution >= 0.6 is 0 Å². The number of aldehydes is 1. The van der Waals surface area contributed by atoms with Crippen molar-refractivity contribution in [3.8, 4) is 0 Å². The molecule has 0 aromatic carbocycles. The van der Waals surface area contributed by atoms with E-state index in [4.69, 9.17) is 5.11 Å². The van der Waals surface area contributed by atoms with E-state index >= 15 is 0 Å². The molecule has 9 heavy (non-hydrogen) atoms. The number of carbonyl (C=O) groups is 1. The highest BCUT2D eigenvalue weighted by molar-refractivity contribution is 5.49. The fourth-order valence-electron chi connectivity index (χ4n) is 0.364. The first-order chi connectivity index (χ1) is 4.41. The Hall–Kier alpha value is -0.450. The average molecular weight is 132 g/mol. The van der Waals surface area contributed by atoms with Gasteiger partial charge in [0.25, 0.3) is 0 Å². The number of carbonyl (C=O) groups excluding carboxylic acids is 1. The van der Waals surface area contributed by atoms with E-state index in [1.54, 1.807) is 0 Å². The molecule has 0 heterocycles. The van der Waals surface area contributed by atoms with Gasteiger partial charge in [0, 0.05) is 19.5 Å². The van der Waals surface area contributed by atoms with Crippen molar-refractivity contribution in [3.05, 3.63) is 0 Å². The van der Waals surface area contributed by atoms with E-state index in [1.165, 1.54) is 0 Å². The number of rotatable bonds is 6. The maximum Gasteiger partial charge on any atom is 0.121 e. The molecule has 0 amide bonds. The van der Waals surface area contributed by atoms with Crippen molar-refractivity contribution in [1.29, 1.82) is 0 Å². The molecule has 0 radical (unpaired) electrons. The predicted molar refractivity (Wildman–Crippen MR) is 33.8 cm³/mol. The number of hydrogen-bond acceptors (Lipinski definition) is 4. The fraction of sp³-hybridized carbons (Fsp3) is 0.800. The molecule has 0 aliphatic carbocycles. The van der Waals surface area contributed by atoms with Gasteiger partial charge in [-0.05, 0) is 0 Å². The van der Waals surface area contributed by atoms with E-state index in [0.717, 1.165) is 6.29 Å². The van der Waals surface area contributed by atoms with Crippen molar-refractivity contribution in [2.45, 2.75) is 6.42 Å². The smallest absolute Gasteiger partial charge is 0.121 e. The van der Waals surface area contributed by atoms with Crippen LogP contribution in [-0.4, -0.2) is 31.1 Å². The van der Waals surface area contributed by atoms with Gasteiger partial charge in [-0.3, -0.25) is 10.9 Å². The van der Waals surface area contributed by atoms with Gasteiger partial charge in [-0.1, -0.05) is 0 Å². The Balaban J connectivity index is 2.66. The standard InChI is InChI=1S/C5H12N2O2/c8-4-1-2-6-7-3-5-9/h4,6-7,9H,1-3,5H2. The Bertz CT molecular complexity index is 68.0. The zero-order chi connectivity index (χ0) is 6.95. The molecule has 3 N–H and O–H groups in total. The van der Waals surface area contributed by atoms with Crippen LogP contribution in [-0.2, 0) is 4.79 Å². The van der Waals surface area contributed by atoms with Crippen LogP contribution in [0.3, 0.4) is 0 Å². The molecule has 0 fully saturated rings. The van der Waals surface area contributed by atoms with E-state index in [9.17, 15) is 4.79 Å². The molecule has 0 atom stereocenters. The first-order valence-electron chi connectivity index (χ1n) is 2.92. The fourth-order valence-corrected chi connectivity index (χ4v) is 0.364. The van der Waals surface area contributed by atoms with E-state index in [1.807, 2.05) is 0 Å². The molecule has 0 saturated heterocycles. The lowest BCUT2D eigenvalue weighted by Crippen LogP contribution is -2.34. The lowest BCUT2D eigenvalue weighted by molar-refractivity contribution is -0.107. The molecule has 0 bridgehead atoms. The summed E-state index contributed by atoms with van der Waals surface area (Å²) in [5.41, 5.74) is 5.46. The van der Waals surface area contributed by atoms with Crippen molar-refractivity contribution < 1.29 is 9.90 Å². The van der Waals surface area contributed by atoms with Crippen LogP contribution in [0.4, 0.5) is 0 Å². The van der Waals surface area contributed by atoms with Crippen LogP contribution in [0, 0.1) is 0 Å². The van der Waals surface area contributed by atoms with Gasteiger partial charge in [0.1, 0.15) is 6.29 Å². The number of nitrogens with one attached hydrogen (secondary N) is 2. The summed E-state index contributed by atoms with van der Waals surface area (Å²) in [6, 6.07) is 0. The molecular weight excluding hydrogens is 120 g/mol. The van der Waals surface area contributed by atoms with Crippen molar-refractivity contribution in [1.82, 2.24) is 10.9 Å². The van der Waals surface area contributed by atoms with Crippen LogP contribution in [0.25, 0.3) is 0 Å². The topological polar surface area (TPSA) is 61.4 Å². The zero-order valence-corrected chi connectivity index (χ0v) is 5.26. The van der Waals surface area contributed by atoms with Crippen LogP contribution in [0.15, 0.2) is 0 Å². The van der Waals surface area contributed by atoms with Gasteiger partial charge in [-0.15, -0.1) is 0 Å². The lowest BCUT2D eigenvalue weighted by atomic mass is 10.5. The summed E-state index contributed by atoms with van der Waals surface area (Å²) in [7, 11) is 0. The highest BCUT2D eigenvalue weighted by Gasteiger charge is 1.81. The highest BCUT2D eigenvalue weighted by Crippen LogP contribution is 1.62. The maximum absolute atomic E-state index is 9.72. The van der Waals surface area contributed by atoms with E-state index in [2.05, 4.69) is 10.9 Å². The summed E-state index contributed by atoms with van der Waals surface area (Å²) in [6.07, 6.45) is 1.34. The molecule has 0 aromatic heterocycles. The number of aliphatic hydroxyl groups excluding tert-OH is 1. The van der Waals surface area contributed by atoms with Crippen LogP contribution < -0.4 is 10.9 Å². The summed E-state index contributed by atoms with van der Waals surface area (Å²) < 4.78 is 0. The average Bonchev–Trinajstić information content (AvgIpc) is 1.89. The Morgan fingerprint density at radius 1 is 1.33 bits per heavy atom. The SMILES string of the molecule is O=CCCNNCCO. The quantitative estimate of drug-likeness (QED) is 0.238. The predicted octanol–water partition coefficient (Wildman–Crippen LogP) is -1.34. The first-order valence-corrected chi connectivity index (χ1v) is 2.92. The molecule has 0 saturated carbocycles. The van der Waals surface area contributed by atoms with Gasteiger partial charge < -0.3 is 9.90 Å². The maximum atomic E-state index is 9.72. The minimum Gasteiger partial charge on any atom is -0.395 e. The summed E-state index contributed by atoms with van der Waals surface area (Å²) >= 11 is 0. The molecule has 54 valence electrons. The Kier molecular flexibility index (Phi) is 7.17. The highest BCUT2D eigenvalue weighted by atomic mass is 16.3. The molecule has 0 aliphatic heterocycles. The monoisotopic (exact) mass is 132 g/mol. The molecule has 0 aliphatic rings. The minimum absolute atomic E-state index is 0.105. The summed E-state index contributed by atoms with van der Waals surface area (Å²) in [6.45, 7) is 1.23. The first kappa shape index (κ1) is 8.55. The third-order valence-electron chi connectivity index (χ3n) is 0.749. The van der Waals surface area contributed by atoms with Crippen LogP contribution in [0.2, 0.25) is 0 Å². The van der Waals surface area contributed by atoms with Gasteiger partial charge in [-0.2, -0.15) is 0 Å². The molecule has 0 aromatic rings. The second-order valence-electron chi connectivity index (χ2n) is 1.53. The second kappa shape index (κ2) is 7.55. The lowest BCUT2D eigenvalue weighted by Gasteiger charge is -2.00. The molecule has 0 spiro atoms. The zero-order valence-electron chi connectivity index (χ0n) is 5.26. The van der Waals surface area contributed by atoms with E-state index in [0.29, 0.717) is 19.5 Å². The van der Waals surface area contributed by atoms with Gasteiger partial charge in [0.05, 0.1) is 6.61 Å². The van der Waals surface area contributed by atoms with Gasteiger partial charge >= 0.3 is 0 Å². The van der Waals surface area contributed by atoms with Crippen LogP contribution in [0.1, 0.15) is 6.42 Å². The summed E-state index contributed by atoms with van der Waals surface area (Å²) in [5.74, 6) is 0. The summed E-state index contributed by atoms with van der Waals surface area (Å²) in [4.78, 5) is 9.72. The second-order valence-corrected chi connectivity index (χ2v) is 1.53. The third kappa shape index (κ3) is 7.55. The number of aliphatic hydroxyl groups is 1. The van der Waals surface area contributed by atoms with Gasteiger partial charge in [-0.25, -0.2) is 0 Å². The minimum atomic E-state index is 0.105. The van der Waals surface area contributed by atoms with E-state index in [-0.39, 0.29) is 6.61 Å². The van der Waals surface area contributed by atoms with Crippen molar-refractivity contribution in [2.24, 2.45) is 0 Å². The number of hydrazine groups is 1. The Morgan fingerprint density at radius 3 is 2.56 bits per heavy atom. The molecule has 4 heteroatoms. The summed E-state index contributed by atoms with van der Waals surface area (Å²) in [5, 5.41) is 8.25. The van der Waals surface area contributed by atoms with Crippen LogP contribution in [0.5, 0.6) is 0 Å². The van der Waals surface area contributed by atoms with Gasteiger partial charge in [0.15, 0.2) is 0 Å². The Morgan fingerprint density at radius 2 is 2.00 bits per heavy atom. The third-order valence-corrected chi connectivity index (χ3v) is 0.749. The van der Waals surface area contributed by atoms with Gasteiger partial charge in [0.2, 0.25) is 0 Å². The molecule has 0 rings (SSSR count). The van der Waals surface area contributed by atoms with Crippen molar-refractivity contribution in [2.75, 3.05) is 19.7 Å². The largest absolute Gasteiger partial charge is 0.395 e. The van der Waals surface area contributed by atoms with E-state index < -0.39 is 0 Å². The molecule has 4 nitrogen and oxygen atoms in total.